The third-order valence-corrected chi connectivity index (χ3v) is 5.69. The molecule has 30 heavy (non-hydrogen) atoms. The molecule has 6 nitrogen and oxygen atoms in total. The summed E-state index contributed by atoms with van der Waals surface area (Å²) in [5.74, 6) is -0.882. The summed E-state index contributed by atoms with van der Waals surface area (Å²) in [7, 11) is 0. The fourth-order valence-corrected chi connectivity index (χ4v) is 4.03. The average molecular weight is 409 g/mol. The fraction of sp³-hybridized carbons (Fsp3) is 0.417. The van der Waals surface area contributed by atoms with Crippen molar-refractivity contribution < 1.29 is 23.8 Å². The molecule has 0 N–H and O–H groups in total. The van der Waals surface area contributed by atoms with E-state index < -0.39 is 5.97 Å². The van der Waals surface area contributed by atoms with Gasteiger partial charge in [-0.05, 0) is 24.6 Å². The van der Waals surface area contributed by atoms with Crippen molar-refractivity contribution in [2.45, 2.75) is 32.1 Å². The van der Waals surface area contributed by atoms with Crippen molar-refractivity contribution in [3.63, 3.8) is 0 Å². The molecule has 2 saturated heterocycles. The average Bonchev–Trinajstić information content (AvgIpc) is 3.24. The molecule has 0 amide bonds. The summed E-state index contributed by atoms with van der Waals surface area (Å²) in [6.45, 7) is 6.14. The number of esters is 1. The van der Waals surface area contributed by atoms with Crippen LogP contribution in [0.4, 0.5) is 0 Å². The molecule has 0 unspecified atom stereocenters. The largest absolute Gasteiger partial charge is 0.462 e. The van der Waals surface area contributed by atoms with Crippen LogP contribution in [-0.2, 0) is 20.8 Å². The molecule has 6 heteroatoms. The molecular formula is C24H27NO5. The highest BCUT2D eigenvalue weighted by molar-refractivity contribution is 6.10. The van der Waals surface area contributed by atoms with Crippen LogP contribution in [0.1, 0.15) is 51.6 Å². The van der Waals surface area contributed by atoms with E-state index >= 15 is 0 Å². The van der Waals surface area contributed by atoms with E-state index in [9.17, 15) is 9.59 Å². The van der Waals surface area contributed by atoms with Gasteiger partial charge in [-0.3, -0.25) is 9.69 Å². The zero-order valence-electron chi connectivity index (χ0n) is 17.3. The number of hydrogen-bond acceptors (Lipinski definition) is 6. The molecule has 4 rings (SSSR count). The maximum Gasteiger partial charge on any atom is 0.338 e. The van der Waals surface area contributed by atoms with Crippen molar-refractivity contribution in [3.8, 4) is 0 Å². The Bertz CT molecular complexity index is 892. The first kappa shape index (κ1) is 20.7. The molecule has 2 heterocycles. The molecule has 0 bridgehead atoms. The predicted octanol–water partition coefficient (Wildman–Crippen LogP) is 3.43. The van der Waals surface area contributed by atoms with Gasteiger partial charge in [0, 0.05) is 43.6 Å². The molecular weight excluding hydrogens is 382 g/mol. The molecule has 0 aliphatic carbocycles. The Morgan fingerprint density at radius 1 is 0.967 bits per heavy atom. The van der Waals surface area contributed by atoms with Gasteiger partial charge in [-0.25, -0.2) is 4.79 Å². The van der Waals surface area contributed by atoms with Crippen LogP contribution in [0.15, 0.2) is 48.5 Å². The van der Waals surface area contributed by atoms with E-state index in [0.29, 0.717) is 36.5 Å². The van der Waals surface area contributed by atoms with Gasteiger partial charge in [-0.15, -0.1) is 0 Å². The van der Waals surface area contributed by atoms with Gasteiger partial charge < -0.3 is 14.2 Å². The summed E-state index contributed by atoms with van der Waals surface area (Å²) in [5.41, 5.74) is 2.63. The highest BCUT2D eigenvalue weighted by atomic mass is 16.7. The highest BCUT2D eigenvalue weighted by Crippen LogP contribution is 2.31. The van der Waals surface area contributed by atoms with Crippen LogP contribution < -0.4 is 0 Å². The number of rotatable bonds is 6. The number of hydrogen-bond donors (Lipinski definition) is 0. The molecule has 158 valence electrons. The van der Waals surface area contributed by atoms with E-state index in [1.807, 2.05) is 24.3 Å². The minimum atomic E-state index is -0.417. The lowest BCUT2D eigenvalue weighted by atomic mass is 9.99. The Hall–Kier alpha value is -2.54. The van der Waals surface area contributed by atoms with E-state index in [1.165, 1.54) is 0 Å². The van der Waals surface area contributed by atoms with Crippen molar-refractivity contribution in [3.05, 3.63) is 70.8 Å². The molecule has 0 saturated carbocycles. The molecule has 2 fully saturated rings. The Kier molecular flexibility index (Phi) is 6.27. The number of carbonyl (C=O) groups is 2. The Morgan fingerprint density at radius 2 is 1.63 bits per heavy atom. The van der Waals surface area contributed by atoms with Crippen molar-refractivity contribution in [1.82, 2.24) is 4.90 Å². The standard InChI is InChI=1S/C24H27NO5/c1-2-28-23(27)21-5-3-4-20(16-21)22(26)19-8-6-18(7-9-19)17-25-12-10-24(11-13-25)29-14-15-30-24/h3-9,16H,2,10-15,17H2,1H3. The summed E-state index contributed by atoms with van der Waals surface area (Å²) in [5, 5.41) is 0. The van der Waals surface area contributed by atoms with Gasteiger partial charge in [0.1, 0.15) is 0 Å². The minimum Gasteiger partial charge on any atom is -0.462 e. The second-order valence-electron chi connectivity index (χ2n) is 7.71. The summed E-state index contributed by atoms with van der Waals surface area (Å²) < 4.78 is 16.6. The molecule has 0 aromatic heterocycles. The number of nitrogens with zero attached hydrogens (tertiary/aromatic N) is 1. The van der Waals surface area contributed by atoms with Crippen molar-refractivity contribution in [2.24, 2.45) is 0 Å². The number of benzene rings is 2. The van der Waals surface area contributed by atoms with Gasteiger partial charge in [-0.2, -0.15) is 0 Å². The van der Waals surface area contributed by atoms with Gasteiger partial charge in [-0.1, -0.05) is 36.4 Å². The number of carbonyl (C=O) groups excluding carboxylic acids is 2. The maximum atomic E-state index is 12.8. The Balaban J connectivity index is 1.37. The molecule has 0 radical (unpaired) electrons. The smallest absolute Gasteiger partial charge is 0.338 e. The molecule has 2 aliphatic heterocycles. The summed E-state index contributed by atoms with van der Waals surface area (Å²) in [6.07, 6.45) is 1.78. The van der Waals surface area contributed by atoms with Crippen LogP contribution in [0, 0.1) is 0 Å². The van der Waals surface area contributed by atoms with Crippen LogP contribution in [0.5, 0.6) is 0 Å². The van der Waals surface area contributed by atoms with Gasteiger partial charge in [0.05, 0.1) is 25.4 Å². The van der Waals surface area contributed by atoms with Gasteiger partial charge in [0.25, 0.3) is 0 Å². The molecule has 2 aliphatic rings. The van der Waals surface area contributed by atoms with Crippen molar-refractivity contribution >= 4 is 11.8 Å². The highest BCUT2D eigenvalue weighted by Gasteiger charge is 2.39. The van der Waals surface area contributed by atoms with E-state index in [0.717, 1.165) is 38.0 Å². The molecule has 2 aromatic carbocycles. The quantitative estimate of drug-likeness (QED) is 0.538. The van der Waals surface area contributed by atoms with Gasteiger partial charge in [0.15, 0.2) is 11.6 Å². The third kappa shape index (κ3) is 4.61. The van der Waals surface area contributed by atoms with Crippen LogP contribution in [0.3, 0.4) is 0 Å². The van der Waals surface area contributed by atoms with E-state index in [-0.39, 0.29) is 11.6 Å². The number of ketones is 1. The topological polar surface area (TPSA) is 65.1 Å². The first-order valence-corrected chi connectivity index (χ1v) is 10.5. The second kappa shape index (κ2) is 9.08. The van der Waals surface area contributed by atoms with Crippen molar-refractivity contribution in [1.29, 1.82) is 0 Å². The van der Waals surface area contributed by atoms with Crippen molar-refractivity contribution in [2.75, 3.05) is 32.9 Å². The van der Waals surface area contributed by atoms with E-state index in [2.05, 4.69) is 4.90 Å². The summed E-state index contributed by atoms with van der Waals surface area (Å²) >= 11 is 0. The zero-order valence-corrected chi connectivity index (χ0v) is 17.3. The number of ether oxygens (including phenoxy) is 3. The normalized spacial score (nSPS) is 18.4. The van der Waals surface area contributed by atoms with Gasteiger partial charge >= 0.3 is 5.97 Å². The lowest BCUT2D eigenvalue weighted by Crippen LogP contribution is -2.44. The van der Waals surface area contributed by atoms with Gasteiger partial charge in [0.2, 0.25) is 0 Å². The van der Waals surface area contributed by atoms with E-state index in [4.69, 9.17) is 14.2 Å². The van der Waals surface area contributed by atoms with E-state index in [1.54, 1.807) is 31.2 Å². The summed E-state index contributed by atoms with van der Waals surface area (Å²) in [4.78, 5) is 27.1. The minimum absolute atomic E-state index is 0.108. The Morgan fingerprint density at radius 3 is 2.30 bits per heavy atom. The van der Waals surface area contributed by atoms with Crippen LogP contribution in [0.2, 0.25) is 0 Å². The zero-order chi connectivity index (χ0) is 21.0. The SMILES string of the molecule is CCOC(=O)c1cccc(C(=O)c2ccc(CN3CCC4(CC3)OCCO4)cc2)c1. The monoisotopic (exact) mass is 409 g/mol. The first-order chi connectivity index (χ1) is 14.6. The summed E-state index contributed by atoms with van der Waals surface area (Å²) in [6, 6.07) is 14.4. The van der Waals surface area contributed by atoms with Crippen LogP contribution >= 0.6 is 0 Å². The first-order valence-electron chi connectivity index (χ1n) is 10.5. The third-order valence-electron chi connectivity index (χ3n) is 5.69. The fourth-order valence-electron chi connectivity index (χ4n) is 4.03. The predicted molar refractivity (Wildman–Crippen MR) is 111 cm³/mol. The molecule has 2 aromatic rings. The lowest BCUT2D eigenvalue weighted by Gasteiger charge is -2.37. The lowest BCUT2D eigenvalue weighted by molar-refractivity contribution is -0.185. The van der Waals surface area contributed by atoms with Crippen LogP contribution in [-0.4, -0.2) is 55.3 Å². The molecule has 1 spiro atoms. The Labute approximate surface area is 176 Å². The number of piperidine rings is 1. The molecule has 0 atom stereocenters. The maximum absolute atomic E-state index is 12.8. The number of likely N-dealkylation sites (tertiary alicyclic amines) is 1. The van der Waals surface area contributed by atoms with Crippen LogP contribution in [0.25, 0.3) is 0 Å². The second-order valence-corrected chi connectivity index (χ2v) is 7.71.